The van der Waals surface area contributed by atoms with Crippen molar-refractivity contribution in [2.24, 2.45) is 0 Å². The van der Waals surface area contributed by atoms with Gasteiger partial charge in [-0.25, -0.2) is 4.79 Å². The average Bonchev–Trinajstić information content (AvgIpc) is 3.09. The Morgan fingerprint density at radius 3 is 2.77 bits per heavy atom. The first-order chi connectivity index (χ1) is 10.6. The molecule has 1 aromatic carbocycles. The van der Waals surface area contributed by atoms with Crippen LogP contribution in [0, 0.1) is 10.1 Å². The maximum absolute atomic E-state index is 11.7. The standard InChI is InChI=1S/C15H18N2O5/c18-15(22-14-7-5-12(6-8-14)17(19)20)21-10-13-4-3-11-2-1-9-16(11)13/h5-8,11,13H,1-4,9-10H2/t11?,13-/m0/s1. The lowest BCUT2D eigenvalue weighted by molar-refractivity contribution is -0.384. The van der Waals surface area contributed by atoms with Crippen LogP contribution in [0.2, 0.25) is 0 Å². The van der Waals surface area contributed by atoms with E-state index < -0.39 is 11.1 Å². The third-order valence-corrected chi connectivity index (χ3v) is 4.37. The third-order valence-electron chi connectivity index (χ3n) is 4.37. The quantitative estimate of drug-likeness (QED) is 0.368. The van der Waals surface area contributed by atoms with Crippen LogP contribution < -0.4 is 4.74 Å². The number of nitrogens with zero attached hydrogens (tertiary/aromatic N) is 2. The molecule has 0 N–H and O–H groups in total. The fraction of sp³-hybridized carbons (Fsp3) is 0.533. The van der Waals surface area contributed by atoms with Crippen LogP contribution in [0.1, 0.15) is 25.7 Å². The van der Waals surface area contributed by atoms with Gasteiger partial charge in [-0.3, -0.25) is 15.0 Å². The molecule has 1 aromatic rings. The van der Waals surface area contributed by atoms with Crippen molar-refractivity contribution in [3.8, 4) is 5.75 Å². The van der Waals surface area contributed by atoms with Crippen molar-refractivity contribution in [2.75, 3.05) is 13.2 Å². The lowest BCUT2D eigenvalue weighted by atomic mass is 10.1. The lowest BCUT2D eigenvalue weighted by Crippen LogP contribution is -2.35. The molecule has 1 unspecified atom stereocenters. The van der Waals surface area contributed by atoms with E-state index in [1.807, 2.05) is 0 Å². The summed E-state index contributed by atoms with van der Waals surface area (Å²) in [7, 11) is 0. The second kappa shape index (κ2) is 6.31. The molecule has 0 amide bonds. The first kappa shape index (κ1) is 14.8. The molecule has 0 bridgehead atoms. The summed E-state index contributed by atoms with van der Waals surface area (Å²) in [6.45, 7) is 1.42. The fourth-order valence-electron chi connectivity index (χ4n) is 3.30. The zero-order valence-corrected chi connectivity index (χ0v) is 12.1. The van der Waals surface area contributed by atoms with E-state index >= 15 is 0 Å². The Balaban J connectivity index is 1.47. The summed E-state index contributed by atoms with van der Waals surface area (Å²) >= 11 is 0. The molecular formula is C15H18N2O5. The molecule has 118 valence electrons. The Morgan fingerprint density at radius 1 is 1.27 bits per heavy atom. The van der Waals surface area contributed by atoms with Gasteiger partial charge in [0.15, 0.2) is 0 Å². The first-order valence-electron chi connectivity index (χ1n) is 7.48. The number of ether oxygens (including phenoxy) is 2. The van der Waals surface area contributed by atoms with Crippen LogP contribution in [-0.2, 0) is 4.74 Å². The molecule has 0 aromatic heterocycles. The van der Waals surface area contributed by atoms with Gasteiger partial charge in [0.05, 0.1) is 4.92 Å². The van der Waals surface area contributed by atoms with Gasteiger partial charge >= 0.3 is 6.16 Å². The molecule has 2 fully saturated rings. The van der Waals surface area contributed by atoms with E-state index in [0.29, 0.717) is 12.6 Å². The van der Waals surface area contributed by atoms with Crippen LogP contribution in [0.25, 0.3) is 0 Å². The van der Waals surface area contributed by atoms with Gasteiger partial charge in [0.2, 0.25) is 0 Å². The highest BCUT2D eigenvalue weighted by atomic mass is 16.7. The molecule has 3 rings (SSSR count). The normalized spacial score (nSPS) is 24.0. The van der Waals surface area contributed by atoms with Gasteiger partial charge in [-0.1, -0.05) is 0 Å². The molecule has 2 atom stereocenters. The number of non-ortho nitro benzene ring substituents is 1. The Hall–Kier alpha value is -2.15. The van der Waals surface area contributed by atoms with Gasteiger partial charge in [-0.15, -0.1) is 0 Å². The molecule has 2 saturated heterocycles. The minimum atomic E-state index is -0.767. The summed E-state index contributed by atoms with van der Waals surface area (Å²) < 4.78 is 10.2. The molecule has 0 saturated carbocycles. The molecule has 0 aliphatic carbocycles. The minimum Gasteiger partial charge on any atom is -0.432 e. The van der Waals surface area contributed by atoms with Crippen molar-refractivity contribution >= 4 is 11.8 Å². The number of hydrogen-bond acceptors (Lipinski definition) is 6. The maximum atomic E-state index is 11.7. The molecule has 7 heteroatoms. The minimum absolute atomic E-state index is 0.0493. The molecule has 7 nitrogen and oxygen atoms in total. The Bertz CT molecular complexity index is 560. The van der Waals surface area contributed by atoms with Crippen molar-refractivity contribution in [2.45, 2.75) is 37.8 Å². The zero-order chi connectivity index (χ0) is 15.5. The molecular weight excluding hydrogens is 288 g/mol. The number of fused-ring (bicyclic) bond motifs is 1. The third kappa shape index (κ3) is 3.19. The van der Waals surface area contributed by atoms with Gasteiger partial charge in [-0.05, 0) is 44.4 Å². The average molecular weight is 306 g/mol. The maximum Gasteiger partial charge on any atom is 0.513 e. The van der Waals surface area contributed by atoms with E-state index in [1.165, 1.54) is 43.5 Å². The van der Waals surface area contributed by atoms with E-state index in [4.69, 9.17) is 9.47 Å². The highest BCUT2D eigenvalue weighted by Crippen LogP contribution is 2.32. The Kier molecular flexibility index (Phi) is 4.24. The van der Waals surface area contributed by atoms with E-state index in [-0.39, 0.29) is 17.5 Å². The number of nitro benzene ring substituents is 1. The Morgan fingerprint density at radius 2 is 2.05 bits per heavy atom. The summed E-state index contributed by atoms with van der Waals surface area (Å²) in [6.07, 6.45) is 3.91. The summed E-state index contributed by atoms with van der Waals surface area (Å²) in [5, 5.41) is 10.5. The van der Waals surface area contributed by atoms with Crippen LogP contribution in [0.15, 0.2) is 24.3 Å². The summed E-state index contributed by atoms with van der Waals surface area (Å²) in [6, 6.07) is 6.27. The van der Waals surface area contributed by atoms with Gasteiger partial charge in [0.1, 0.15) is 12.4 Å². The first-order valence-corrected chi connectivity index (χ1v) is 7.48. The van der Waals surface area contributed by atoms with E-state index in [1.54, 1.807) is 0 Å². The molecule has 2 aliphatic rings. The second-order valence-corrected chi connectivity index (χ2v) is 5.68. The molecule has 2 aliphatic heterocycles. The SMILES string of the molecule is O=C(OC[C@@H]1CCC2CCCN21)Oc1ccc([N+](=O)[O-])cc1. The highest BCUT2D eigenvalue weighted by molar-refractivity contribution is 5.64. The Labute approximate surface area is 128 Å². The fourth-order valence-corrected chi connectivity index (χ4v) is 3.30. The van der Waals surface area contributed by atoms with Crippen molar-refractivity contribution in [3.63, 3.8) is 0 Å². The molecule has 22 heavy (non-hydrogen) atoms. The van der Waals surface area contributed by atoms with Crippen molar-refractivity contribution < 1.29 is 19.2 Å². The molecule has 0 radical (unpaired) electrons. The van der Waals surface area contributed by atoms with E-state index in [0.717, 1.165) is 13.0 Å². The summed E-state index contributed by atoms with van der Waals surface area (Å²) in [4.78, 5) is 24.1. The van der Waals surface area contributed by atoms with Crippen molar-refractivity contribution in [3.05, 3.63) is 34.4 Å². The van der Waals surface area contributed by atoms with Crippen LogP contribution in [-0.4, -0.2) is 41.2 Å². The predicted octanol–water partition coefficient (Wildman–Crippen LogP) is 2.74. The predicted molar refractivity (Wildman–Crippen MR) is 77.8 cm³/mol. The molecule has 2 heterocycles. The van der Waals surface area contributed by atoms with Crippen molar-refractivity contribution in [1.29, 1.82) is 0 Å². The largest absolute Gasteiger partial charge is 0.513 e. The van der Waals surface area contributed by atoms with Gasteiger partial charge in [-0.2, -0.15) is 0 Å². The topological polar surface area (TPSA) is 81.9 Å². The van der Waals surface area contributed by atoms with Crippen LogP contribution >= 0.6 is 0 Å². The number of hydrogen-bond donors (Lipinski definition) is 0. The smallest absolute Gasteiger partial charge is 0.432 e. The number of benzene rings is 1. The van der Waals surface area contributed by atoms with E-state index in [2.05, 4.69) is 4.90 Å². The lowest BCUT2D eigenvalue weighted by Gasteiger charge is -2.22. The summed E-state index contributed by atoms with van der Waals surface area (Å²) in [5.41, 5.74) is -0.0493. The van der Waals surface area contributed by atoms with Gasteiger partial charge in [0, 0.05) is 24.2 Å². The van der Waals surface area contributed by atoms with Crippen LogP contribution in [0.5, 0.6) is 5.75 Å². The van der Waals surface area contributed by atoms with Gasteiger partial charge < -0.3 is 9.47 Å². The second-order valence-electron chi connectivity index (χ2n) is 5.68. The van der Waals surface area contributed by atoms with E-state index in [9.17, 15) is 14.9 Å². The number of carbonyl (C=O) groups excluding carboxylic acids is 1. The number of carbonyl (C=O) groups is 1. The summed E-state index contributed by atoms with van der Waals surface area (Å²) in [5.74, 6) is 0.237. The molecule has 0 spiro atoms. The highest BCUT2D eigenvalue weighted by Gasteiger charge is 2.37. The van der Waals surface area contributed by atoms with Crippen LogP contribution in [0.4, 0.5) is 10.5 Å². The number of nitro groups is 1. The van der Waals surface area contributed by atoms with Crippen molar-refractivity contribution in [1.82, 2.24) is 4.90 Å². The monoisotopic (exact) mass is 306 g/mol. The number of rotatable bonds is 4. The van der Waals surface area contributed by atoms with Gasteiger partial charge in [0.25, 0.3) is 5.69 Å². The van der Waals surface area contributed by atoms with Crippen LogP contribution in [0.3, 0.4) is 0 Å². The zero-order valence-electron chi connectivity index (χ0n) is 12.1.